The first-order chi connectivity index (χ1) is 7.58. The molecule has 1 aliphatic rings. The van der Waals surface area contributed by atoms with Crippen molar-refractivity contribution < 1.29 is 19.1 Å². The van der Waals surface area contributed by atoms with Crippen molar-refractivity contribution >= 4 is 11.9 Å². The third kappa shape index (κ3) is 1.91. The summed E-state index contributed by atoms with van der Waals surface area (Å²) < 4.78 is 4.94. The maximum absolute atomic E-state index is 11.8. The Bertz CT molecular complexity index is 426. The highest BCUT2D eigenvalue weighted by Crippen LogP contribution is 2.18. The predicted octanol–water partition coefficient (Wildman–Crippen LogP) is 0.530. The van der Waals surface area contributed by atoms with Gasteiger partial charge >= 0.3 is 5.97 Å². The van der Waals surface area contributed by atoms with Crippen molar-refractivity contribution in [3.8, 4) is 0 Å². The molecule has 0 aromatic carbocycles. The molecule has 6 nitrogen and oxygen atoms in total. The molecule has 86 valence electrons. The molecule has 1 aromatic heterocycles. The van der Waals surface area contributed by atoms with E-state index in [0.717, 1.165) is 0 Å². The number of carbonyl (C=O) groups is 2. The Balaban J connectivity index is 2.05. The van der Waals surface area contributed by atoms with Gasteiger partial charge in [0.05, 0.1) is 5.92 Å². The van der Waals surface area contributed by atoms with Crippen molar-refractivity contribution in [2.24, 2.45) is 5.92 Å². The summed E-state index contributed by atoms with van der Waals surface area (Å²) in [6.45, 7) is 2.36. The second-order valence-electron chi connectivity index (χ2n) is 3.83. The van der Waals surface area contributed by atoms with E-state index in [1.54, 1.807) is 6.92 Å². The second-order valence-corrected chi connectivity index (χ2v) is 3.83. The van der Waals surface area contributed by atoms with Gasteiger partial charge in [0.2, 0.25) is 0 Å². The molecule has 0 radical (unpaired) electrons. The van der Waals surface area contributed by atoms with Crippen LogP contribution >= 0.6 is 0 Å². The fourth-order valence-corrected chi connectivity index (χ4v) is 1.77. The lowest BCUT2D eigenvalue weighted by atomic mass is 10.1. The molecule has 1 aliphatic heterocycles. The summed E-state index contributed by atoms with van der Waals surface area (Å²) in [5, 5.41) is 8.82. The van der Waals surface area contributed by atoms with Crippen molar-refractivity contribution in [1.82, 2.24) is 9.88 Å². The molecule has 1 aromatic rings. The molecule has 2 heterocycles. The highest BCUT2D eigenvalue weighted by molar-refractivity contribution is 5.92. The first-order valence-corrected chi connectivity index (χ1v) is 5.02. The molecule has 1 saturated heterocycles. The zero-order chi connectivity index (χ0) is 11.7. The summed E-state index contributed by atoms with van der Waals surface area (Å²) in [7, 11) is 0. The van der Waals surface area contributed by atoms with Gasteiger partial charge in [0, 0.05) is 20.0 Å². The number of hydrogen-bond acceptors (Lipinski definition) is 4. The van der Waals surface area contributed by atoms with E-state index in [4.69, 9.17) is 9.52 Å². The molecular weight excluding hydrogens is 212 g/mol. The van der Waals surface area contributed by atoms with Gasteiger partial charge < -0.3 is 14.4 Å². The number of amides is 1. The van der Waals surface area contributed by atoms with E-state index in [9.17, 15) is 9.59 Å². The molecule has 0 aliphatic carbocycles. The zero-order valence-electron chi connectivity index (χ0n) is 8.84. The largest absolute Gasteiger partial charge is 0.481 e. The summed E-state index contributed by atoms with van der Waals surface area (Å²) in [5.74, 6) is -1.15. The molecule has 0 unspecified atom stereocenters. The van der Waals surface area contributed by atoms with Crippen molar-refractivity contribution in [2.45, 2.75) is 13.3 Å². The van der Waals surface area contributed by atoms with Crippen molar-refractivity contribution in [1.29, 1.82) is 0 Å². The molecule has 6 heteroatoms. The number of hydrogen-bond donors (Lipinski definition) is 1. The summed E-state index contributed by atoms with van der Waals surface area (Å²) >= 11 is 0. The lowest BCUT2D eigenvalue weighted by molar-refractivity contribution is -0.141. The minimum Gasteiger partial charge on any atom is -0.481 e. The molecule has 0 bridgehead atoms. The SMILES string of the molecule is Cc1nc(C(=O)N2CC[C@@H](C(=O)O)C2)co1. The summed E-state index contributed by atoms with van der Waals surface area (Å²) in [4.78, 5) is 28.0. The highest BCUT2D eigenvalue weighted by Gasteiger charge is 2.32. The molecule has 1 fully saturated rings. The van der Waals surface area contributed by atoms with E-state index in [1.807, 2.05) is 0 Å². The van der Waals surface area contributed by atoms with Crippen LogP contribution in [0.3, 0.4) is 0 Å². The second kappa shape index (κ2) is 3.96. The number of aromatic nitrogens is 1. The van der Waals surface area contributed by atoms with Crippen LogP contribution in [0.1, 0.15) is 22.8 Å². The molecule has 0 saturated carbocycles. The van der Waals surface area contributed by atoms with Gasteiger partial charge in [0.25, 0.3) is 5.91 Å². The lowest BCUT2D eigenvalue weighted by Gasteiger charge is -2.13. The lowest BCUT2D eigenvalue weighted by Crippen LogP contribution is -2.30. The first kappa shape index (κ1) is 10.7. The van der Waals surface area contributed by atoms with E-state index in [-0.39, 0.29) is 18.1 Å². The summed E-state index contributed by atoms with van der Waals surface area (Å²) in [5.41, 5.74) is 0.239. The van der Waals surface area contributed by atoms with Crippen LogP contribution in [0.5, 0.6) is 0 Å². The molecule has 1 atom stereocenters. The van der Waals surface area contributed by atoms with E-state index in [2.05, 4.69) is 4.98 Å². The third-order valence-corrected chi connectivity index (χ3v) is 2.66. The van der Waals surface area contributed by atoms with E-state index < -0.39 is 11.9 Å². The minimum absolute atomic E-state index is 0.239. The topological polar surface area (TPSA) is 83.6 Å². The number of carboxylic acids is 1. The normalized spacial score (nSPS) is 20.1. The third-order valence-electron chi connectivity index (χ3n) is 2.66. The summed E-state index contributed by atoms with van der Waals surface area (Å²) in [6.07, 6.45) is 1.80. The highest BCUT2D eigenvalue weighted by atomic mass is 16.4. The Kier molecular flexibility index (Phi) is 2.64. The number of aryl methyl sites for hydroxylation is 1. The Morgan fingerprint density at radius 1 is 1.62 bits per heavy atom. The molecule has 1 N–H and O–H groups in total. The van der Waals surface area contributed by atoms with Crippen molar-refractivity contribution in [3.05, 3.63) is 17.8 Å². The van der Waals surface area contributed by atoms with E-state index >= 15 is 0 Å². The van der Waals surface area contributed by atoms with Gasteiger partial charge in [-0.25, -0.2) is 4.98 Å². The van der Waals surface area contributed by atoms with Gasteiger partial charge in [-0.1, -0.05) is 0 Å². The summed E-state index contributed by atoms with van der Waals surface area (Å²) in [6, 6.07) is 0. The first-order valence-electron chi connectivity index (χ1n) is 5.02. The maximum Gasteiger partial charge on any atom is 0.308 e. The number of nitrogens with zero attached hydrogens (tertiary/aromatic N) is 2. The van der Waals surface area contributed by atoms with Crippen molar-refractivity contribution in [2.75, 3.05) is 13.1 Å². The molecule has 16 heavy (non-hydrogen) atoms. The Morgan fingerprint density at radius 3 is 2.88 bits per heavy atom. The van der Waals surface area contributed by atoms with Crippen LogP contribution in [-0.4, -0.2) is 40.0 Å². The van der Waals surface area contributed by atoms with Gasteiger partial charge in [-0.2, -0.15) is 0 Å². The Morgan fingerprint density at radius 2 is 2.38 bits per heavy atom. The van der Waals surface area contributed by atoms with Gasteiger partial charge in [-0.3, -0.25) is 9.59 Å². The Hall–Kier alpha value is -1.85. The van der Waals surface area contributed by atoms with Crippen LogP contribution in [0.2, 0.25) is 0 Å². The maximum atomic E-state index is 11.8. The molecule has 2 rings (SSSR count). The number of likely N-dealkylation sites (tertiary alicyclic amines) is 1. The Labute approximate surface area is 91.9 Å². The van der Waals surface area contributed by atoms with Crippen LogP contribution in [-0.2, 0) is 4.79 Å². The van der Waals surface area contributed by atoms with Gasteiger partial charge in [-0.15, -0.1) is 0 Å². The quantitative estimate of drug-likeness (QED) is 0.792. The van der Waals surface area contributed by atoms with Crippen LogP contribution in [0.15, 0.2) is 10.7 Å². The number of carbonyl (C=O) groups excluding carboxylic acids is 1. The van der Waals surface area contributed by atoms with Crippen LogP contribution in [0.25, 0.3) is 0 Å². The average Bonchev–Trinajstić information content (AvgIpc) is 2.84. The molecule has 0 spiro atoms. The van der Waals surface area contributed by atoms with Gasteiger partial charge in [-0.05, 0) is 6.42 Å². The monoisotopic (exact) mass is 224 g/mol. The van der Waals surface area contributed by atoms with Crippen LogP contribution in [0, 0.1) is 12.8 Å². The number of oxazole rings is 1. The number of aliphatic carboxylic acids is 1. The number of rotatable bonds is 2. The standard InChI is InChI=1S/C10H12N2O4/c1-6-11-8(5-16-6)9(13)12-3-2-7(4-12)10(14)15/h5,7H,2-4H2,1H3,(H,14,15)/t7-/m1/s1. The minimum atomic E-state index is -0.855. The van der Waals surface area contributed by atoms with Crippen LogP contribution < -0.4 is 0 Å². The fourth-order valence-electron chi connectivity index (χ4n) is 1.77. The smallest absolute Gasteiger partial charge is 0.308 e. The van der Waals surface area contributed by atoms with Gasteiger partial charge in [0.15, 0.2) is 11.6 Å². The van der Waals surface area contributed by atoms with E-state index in [0.29, 0.717) is 18.9 Å². The van der Waals surface area contributed by atoms with Crippen LogP contribution in [0.4, 0.5) is 0 Å². The van der Waals surface area contributed by atoms with E-state index in [1.165, 1.54) is 11.2 Å². The molecule has 1 amide bonds. The number of carboxylic acid groups (broad SMARTS) is 1. The van der Waals surface area contributed by atoms with Gasteiger partial charge in [0.1, 0.15) is 6.26 Å². The molecular formula is C10H12N2O4. The zero-order valence-corrected chi connectivity index (χ0v) is 8.84. The van der Waals surface area contributed by atoms with Crippen molar-refractivity contribution in [3.63, 3.8) is 0 Å². The fraction of sp³-hybridized carbons (Fsp3) is 0.500. The average molecular weight is 224 g/mol. The predicted molar refractivity (Wildman–Crippen MR) is 52.9 cm³/mol.